The van der Waals surface area contributed by atoms with E-state index in [4.69, 9.17) is 0 Å². The highest BCUT2D eigenvalue weighted by molar-refractivity contribution is 5.94. The number of hydrogen-bond acceptors (Lipinski definition) is 6. The number of aromatic nitrogens is 4. The third-order valence-electron chi connectivity index (χ3n) is 5.90. The molecule has 5 rings (SSSR count). The zero-order chi connectivity index (χ0) is 22.1. The van der Waals surface area contributed by atoms with E-state index in [1.165, 1.54) is 0 Å². The highest BCUT2D eigenvalue weighted by Crippen LogP contribution is 2.22. The first-order valence-electron chi connectivity index (χ1n) is 10.7. The highest BCUT2D eigenvalue weighted by Gasteiger charge is 2.27. The van der Waals surface area contributed by atoms with Crippen molar-refractivity contribution in [2.75, 3.05) is 32.5 Å². The lowest BCUT2D eigenvalue weighted by molar-refractivity contribution is 0.0783. The number of benzene rings is 1. The van der Waals surface area contributed by atoms with Crippen LogP contribution in [0.1, 0.15) is 16.8 Å². The minimum Gasteiger partial charge on any atom is -0.337 e. The molecule has 1 aliphatic heterocycles. The fraction of sp³-hybridized carbons (Fsp3) is 0.250. The van der Waals surface area contributed by atoms with Gasteiger partial charge in [-0.3, -0.25) is 9.20 Å². The van der Waals surface area contributed by atoms with E-state index in [9.17, 15) is 4.79 Å². The topological polar surface area (TPSA) is 78.7 Å². The Labute approximate surface area is 186 Å². The van der Waals surface area contributed by atoms with Crippen molar-refractivity contribution < 1.29 is 4.79 Å². The molecule has 1 atom stereocenters. The molecule has 1 amide bonds. The van der Waals surface area contributed by atoms with Gasteiger partial charge in [0.15, 0.2) is 0 Å². The highest BCUT2D eigenvalue weighted by atomic mass is 16.2. The van der Waals surface area contributed by atoms with E-state index in [-0.39, 0.29) is 5.91 Å². The Hall–Kier alpha value is -3.78. The van der Waals surface area contributed by atoms with Gasteiger partial charge < -0.3 is 15.1 Å². The number of anilines is 2. The van der Waals surface area contributed by atoms with Crippen LogP contribution in [-0.2, 0) is 0 Å². The number of imidazole rings is 1. The number of likely N-dealkylation sites (tertiary alicyclic amines) is 1. The number of likely N-dealkylation sites (N-methyl/N-ethyl adjacent to an activating group) is 1. The first-order valence-corrected chi connectivity index (χ1v) is 10.7. The van der Waals surface area contributed by atoms with E-state index in [0.717, 1.165) is 42.2 Å². The number of hydrogen-bond donors (Lipinski definition) is 1. The van der Waals surface area contributed by atoms with Gasteiger partial charge in [0.05, 0.1) is 17.6 Å². The Morgan fingerprint density at radius 3 is 2.72 bits per heavy atom. The maximum Gasteiger partial charge on any atom is 0.253 e. The summed E-state index contributed by atoms with van der Waals surface area (Å²) >= 11 is 0. The van der Waals surface area contributed by atoms with Crippen molar-refractivity contribution >= 4 is 23.2 Å². The van der Waals surface area contributed by atoms with Crippen molar-refractivity contribution in [1.82, 2.24) is 29.2 Å². The summed E-state index contributed by atoms with van der Waals surface area (Å²) in [5.41, 5.74) is 4.05. The molecule has 0 aliphatic carbocycles. The molecule has 32 heavy (non-hydrogen) atoms. The molecule has 0 spiro atoms. The van der Waals surface area contributed by atoms with Gasteiger partial charge in [0.2, 0.25) is 5.95 Å². The maximum atomic E-state index is 12.8. The molecule has 1 saturated heterocycles. The predicted molar refractivity (Wildman–Crippen MR) is 124 cm³/mol. The summed E-state index contributed by atoms with van der Waals surface area (Å²) in [7, 11) is 4.12. The van der Waals surface area contributed by atoms with Crippen LogP contribution in [0.3, 0.4) is 0 Å². The molecule has 1 aliphatic rings. The smallest absolute Gasteiger partial charge is 0.253 e. The molecule has 3 aromatic heterocycles. The van der Waals surface area contributed by atoms with E-state index in [1.807, 2.05) is 64.0 Å². The second-order valence-corrected chi connectivity index (χ2v) is 8.20. The molecule has 0 saturated carbocycles. The van der Waals surface area contributed by atoms with Crippen molar-refractivity contribution in [2.45, 2.75) is 12.5 Å². The fourth-order valence-corrected chi connectivity index (χ4v) is 4.04. The van der Waals surface area contributed by atoms with Crippen LogP contribution in [0.5, 0.6) is 0 Å². The van der Waals surface area contributed by atoms with Crippen molar-refractivity contribution in [2.24, 2.45) is 0 Å². The normalized spacial score (nSPS) is 16.1. The summed E-state index contributed by atoms with van der Waals surface area (Å²) in [6.45, 7) is 1.57. The van der Waals surface area contributed by atoms with Crippen LogP contribution in [0, 0.1) is 0 Å². The number of nitrogens with one attached hydrogen (secondary N) is 1. The summed E-state index contributed by atoms with van der Waals surface area (Å²) in [5.74, 6) is 0.563. The first kappa shape index (κ1) is 20.1. The van der Waals surface area contributed by atoms with E-state index < -0.39 is 0 Å². The lowest BCUT2D eigenvalue weighted by atomic mass is 10.2. The van der Waals surface area contributed by atoms with Crippen LogP contribution in [-0.4, -0.2) is 68.3 Å². The molecule has 1 fully saturated rings. The second-order valence-electron chi connectivity index (χ2n) is 8.20. The van der Waals surface area contributed by atoms with E-state index in [2.05, 4.69) is 39.3 Å². The van der Waals surface area contributed by atoms with Gasteiger partial charge in [-0.25, -0.2) is 15.0 Å². The number of carbonyl (C=O) groups excluding carboxylic acids is 1. The number of amides is 1. The van der Waals surface area contributed by atoms with Crippen molar-refractivity contribution in [3.05, 3.63) is 72.7 Å². The first-order chi connectivity index (χ1) is 15.6. The maximum absolute atomic E-state index is 12.8. The van der Waals surface area contributed by atoms with Gasteiger partial charge in [-0.15, -0.1) is 0 Å². The van der Waals surface area contributed by atoms with Crippen LogP contribution in [0.4, 0.5) is 11.6 Å². The van der Waals surface area contributed by atoms with Crippen LogP contribution in [0.25, 0.3) is 17.0 Å². The molecule has 4 heterocycles. The van der Waals surface area contributed by atoms with Crippen LogP contribution >= 0.6 is 0 Å². The average molecular weight is 428 g/mol. The molecule has 8 heteroatoms. The molecular formula is C24H25N7O. The molecule has 1 unspecified atom stereocenters. The summed E-state index contributed by atoms with van der Waals surface area (Å²) in [5, 5.41) is 3.23. The van der Waals surface area contributed by atoms with Crippen LogP contribution in [0.2, 0.25) is 0 Å². The van der Waals surface area contributed by atoms with Crippen molar-refractivity contribution in [3.63, 3.8) is 0 Å². The monoisotopic (exact) mass is 427 g/mol. The second kappa shape index (κ2) is 8.39. The van der Waals surface area contributed by atoms with Crippen LogP contribution in [0.15, 0.2) is 67.1 Å². The molecule has 0 radical (unpaired) electrons. The zero-order valence-corrected chi connectivity index (χ0v) is 18.1. The Kier molecular flexibility index (Phi) is 5.28. The third-order valence-corrected chi connectivity index (χ3v) is 5.90. The van der Waals surface area contributed by atoms with Gasteiger partial charge in [0, 0.05) is 42.8 Å². The summed E-state index contributed by atoms with van der Waals surface area (Å²) in [6.07, 6.45) is 6.50. The fourth-order valence-electron chi connectivity index (χ4n) is 4.04. The molecule has 162 valence electrons. The Morgan fingerprint density at radius 1 is 1.09 bits per heavy atom. The summed E-state index contributed by atoms with van der Waals surface area (Å²) in [4.78, 5) is 30.3. The third kappa shape index (κ3) is 3.92. The van der Waals surface area contributed by atoms with Gasteiger partial charge >= 0.3 is 0 Å². The minimum absolute atomic E-state index is 0.0757. The van der Waals surface area contributed by atoms with Gasteiger partial charge in [0.1, 0.15) is 5.65 Å². The molecular weight excluding hydrogens is 402 g/mol. The van der Waals surface area contributed by atoms with E-state index in [1.54, 1.807) is 12.4 Å². The minimum atomic E-state index is 0.0757. The number of rotatable bonds is 5. The van der Waals surface area contributed by atoms with Gasteiger partial charge in [-0.05, 0) is 63.0 Å². The number of pyridine rings is 1. The SMILES string of the molecule is CN(C)C1CCN(C(=O)c2ccc(Nc3nccc(-c4cnc5ccccn45)n3)cc2)C1. The van der Waals surface area contributed by atoms with E-state index >= 15 is 0 Å². The van der Waals surface area contributed by atoms with Crippen molar-refractivity contribution in [1.29, 1.82) is 0 Å². The Morgan fingerprint density at radius 2 is 1.94 bits per heavy atom. The number of fused-ring (bicyclic) bond motifs is 1. The average Bonchev–Trinajstić information content (AvgIpc) is 3.47. The van der Waals surface area contributed by atoms with Gasteiger partial charge in [-0.2, -0.15) is 0 Å². The Balaban J connectivity index is 1.30. The molecule has 0 bridgehead atoms. The van der Waals surface area contributed by atoms with Gasteiger partial charge in [-0.1, -0.05) is 6.07 Å². The van der Waals surface area contributed by atoms with Gasteiger partial charge in [0.25, 0.3) is 5.91 Å². The molecule has 4 aromatic rings. The van der Waals surface area contributed by atoms with E-state index in [0.29, 0.717) is 17.6 Å². The lowest BCUT2D eigenvalue weighted by Crippen LogP contribution is -2.34. The molecule has 1 N–H and O–H groups in total. The quantitative estimate of drug-likeness (QED) is 0.527. The molecule has 8 nitrogen and oxygen atoms in total. The largest absolute Gasteiger partial charge is 0.337 e. The summed E-state index contributed by atoms with van der Waals surface area (Å²) < 4.78 is 1.99. The number of nitrogens with zero attached hydrogens (tertiary/aromatic N) is 6. The lowest BCUT2D eigenvalue weighted by Gasteiger charge is -2.20. The van der Waals surface area contributed by atoms with Crippen LogP contribution < -0.4 is 5.32 Å². The Bertz CT molecular complexity index is 1250. The summed E-state index contributed by atoms with van der Waals surface area (Å²) in [6, 6.07) is 15.6. The predicted octanol–water partition coefficient (Wildman–Crippen LogP) is 3.31. The zero-order valence-electron chi connectivity index (χ0n) is 18.1. The number of carbonyl (C=O) groups is 1. The standard InChI is InChI=1S/C24H25N7O/c1-29(2)19-11-14-30(16-19)23(32)17-6-8-18(9-7-17)27-24-25-12-10-20(28-24)21-15-26-22-5-3-4-13-31(21)22/h3-10,12-13,15,19H,11,14,16H2,1-2H3,(H,25,27,28). The van der Waals surface area contributed by atoms with Crippen molar-refractivity contribution in [3.8, 4) is 11.4 Å². The molecule has 1 aromatic carbocycles.